The quantitative estimate of drug-likeness (QED) is 0.583. The van der Waals surface area contributed by atoms with Crippen molar-refractivity contribution in [3.05, 3.63) is 0 Å². The molecular formula is C8H21N3. The summed E-state index contributed by atoms with van der Waals surface area (Å²) in [6, 6.07) is 0. The van der Waals surface area contributed by atoms with Gasteiger partial charge in [-0.1, -0.05) is 0 Å². The second-order valence-corrected chi connectivity index (χ2v) is 3.82. The zero-order valence-electron chi connectivity index (χ0n) is 8.36. The van der Waals surface area contributed by atoms with Crippen LogP contribution in [0.25, 0.3) is 0 Å². The SMILES string of the molecule is CNN(C)CCNC(C)(C)C. The fraction of sp³-hybridized carbons (Fsp3) is 1.00. The van der Waals surface area contributed by atoms with Gasteiger partial charge in [0, 0.05) is 25.7 Å². The molecule has 0 aromatic rings. The van der Waals surface area contributed by atoms with Crippen molar-refractivity contribution in [1.82, 2.24) is 15.8 Å². The molecule has 0 atom stereocenters. The van der Waals surface area contributed by atoms with Gasteiger partial charge in [-0.05, 0) is 27.8 Å². The molecule has 3 heteroatoms. The van der Waals surface area contributed by atoms with Crippen LogP contribution in [0, 0.1) is 0 Å². The average molecular weight is 159 g/mol. The Balaban J connectivity index is 3.28. The van der Waals surface area contributed by atoms with E-state index >= 15 is 0 Å². The Hall–Kier alpha value is -0.120. The van der Waals surface area contributed by atoms with E-state index in [0.717, 1.165) is 13.1 Å². The van der Waals surface area contributed by atoms with Gasteiger partial charge in [-0.25, -0.2) is 5.01 Å². The van der Waals surface area contributed by atoms with Gasteiger partial charge >= 0.3 is 0 Å². The van der Waals surface area contributed by atoms with Crippen molar-refractivity contribution in [2.24, 2.45) is 0 Å². The van der Waals surface area contributed by atoms with Crippen LogP contribution < -0.4 is 10.7 Å². The molecule has 68 valence electrons. The highest BCUT2D eigenvalue weighted by Gasteiger charge is 2.07. The van der Waals surface area contributed by atoms with Crippen molar-refractivity contribution in [2.45, 2.75) is 26.3 Å². The topological polar surface area (TPSA) is 27.3 Å². The van der Waals surface area contributed by atoms with Crippen LogP contribution in [0.1, 0.15) is 20.8 Å². The van der Waals surface area contributed by atoms with Crippen LogP contribution in [-0.4, -0.2) is 37.7 Å². The highest BCUT2D eigenvalue weighted by atomic mass is 15.5. The summed E-state index contributed by atoms with van der Waals surface area (Å²) in [5.41, 5.74) is 3.28. The first-order valence-electron chi connectivity index (χ1n) is 4.09. The summed E-state index contributed by atoms with van der Waals surface area (Å²) in [5.74, 6) is 0. The Labute approximate surface area is 70.1 Å². The molecular weight excluding hydrogens is 138 g/mol. The zero-order valence-corrected chi connectivity index (χ0v) is 8.36. The maximum Gasteiger partial charge on any atom is 0.0253 e. The van der Waals surface area contributed by atoms with Gasteiger partial charge < -0.3 is 5.32 Å². The third kappa shape index (κ3) is 7.78. The number of hydrogen-bond donors (Lipinski definition) is 2. The summed E-state index contributed by atoms with van der Waals surface area (Å²) in [6.45, 7) is 8.56. The molecule has 0 amide bonds. The van der Waals surface area contributed by atoms with Crippen molar-refractivity contribution in [1.29, 1.82) is 0 Å². The predicted molar refractivity (Wildman–Crippen MR) is 49.4 cm³/mol. The van der Waals surface area contributed by atoms with Gasteiger partial charge in [-0.15, -0.1) is 0 Å². The molecule has 0 unspecified atom stereocenters. The van der Waals surface area contributed by atoms with Crippen LogP contribution in [0.15, 0.2) is 0 Å². The maximum atomic E-state index is 3.41. The number of hydrogen-bond acceptors (Lipinski definition) is 3. The van der Waals surface area contributed by atoms with Crippen LogP contribution in [0.4, 0.5) is 0 Å². The molecule has 0 saturated carbocycles. The van der Waals surface area contributed by atoms with Crippen molar-refractivity contribution in [3.8, 4) is 0 Å². The van der Waals surface area contributed by atoms with E-state index in [4.69, 9.17) is 0 Å². The summed E-state index contributed by atoms with van der Waals surface area (Å²) in [4.78, 5) is 0. The Morgan fingerprint density at radius 2 is 1.82 bits per heavy atom. The second kappa shape index (κ2) is 4.70. The number of rotatable bonds is 4. The smallest absolute Gasteiger partial charge is 0.0253 e. The van der Waals surface area contributed by atoms with Crippen molar-refractivity contribution < 1.29 is 0 Å². The molecule has 0 radical (unpaired) electrons. The lowest BCUT2D eigenvalue weighted by Gasteiger charge is -2.22. The average Bonchev–Trinajstić information content (AvgIpc) is 1.85. The van der Waals surface area contributed by atoms with E-state index in [1.54, 1.807) is 0 Å². The Bertz CT molecular complexity index is 96.0. The number of nitrogens with zero attached hydrogens (tertiary/aromatic N) is 1. The van der Waals surface area contributed by atoms with Crippen molar-refractivity contribution >= 4 is 0 Å². The summed E-state index contributed by atoms with van der Waals surface area (Å²) in [5, 5.41) is 5.46. The number of nitrogens with one attached hydrogen (secondary N) is 2. The molecule has 0 heterocycles. The van der Waals surface area contributed by atoms with Gasteiger partial charge in [0.25, 0.3) is 0 Å². The first-order valence-corrected chi connectivity index (χ1v) is 4.09. The molecule has 0 spiro atoms. The fourth-order valence-electron chi connectivity index (χ4n) is 0.710. The van der Waals surface area contributed by atoms with Crippen LogP contribution >= 0.6 is 0 Å². The van der Waals surface area contributed by atoms with Crippen molar-refractivity contribution in [3.63, 3.8) is 0 Å². The molecule has 0 rings (SSSR count). The first-order chi connectivity index (χ1) is 4.95. The zero-order chi connectivity index (χ0) is 8.91. The summed E-state index contributed by atoms with van der Waals surface area (Å²) >= 11 is 0. The molecule has 0 saturated heterocycles. The normalized spacial score (nSPS) is 12.5. The highest BCUT2D eigenvalue weighted by molar-refractivity contribution is 4.70. The number of likely N-dealkylation sites (N-methyl/N-ethyl adjacent to an activating group) is 1. The van der Waals surface area contributed by atoms with Gasteiger partial charge in [0.2, 0.25) is 0 Å². The minimum atomic E-state index is 0.231. The van der Waals surface area contributed by atoms with Gasteiger partial charge in [0.05, 0.1) is 0 Å². The molecule has 0 aromatic carbocycles. The molecule has 0 fully saturated rings. The van der Waals surface area contributed by atoms with Crippen LogP contribution in [0.5, 0.6) is 0 Å². The van der Waals surface area contributed by atoms with E-state index < -0.39 is 0 Å². The third-order valence-corrected chi connectivity index (χ3v) is 1.48. The van der Waals surface area contributed by atoms with E-state index in [1.165, 1.54) is 0 Å². The van der Waals surface area contributed by atoms with E-state index in [-0.39, 0.29) is 5.54 Å². The van der Waals surface area contributed by atoms with Crippen LogP contribution in [-0.2, 0) is 0 Å². The first kappa shape index (κ1) is 10.9. The molecule has 0 aromatic heterocycles. The molecule has 0 aliphatic carbocycles. The Morgan fingerprint density at radius 3 is 2.18 bits per heavy atom. The molecule has 3 nitrogen and oxygen atoms in total. The lowest BCUT2D eigenvalue weighted by molar-refractivity contribution is 0.249. The van der Waals surface area contributed by atoms with E-state index in [0.29, 0.717) is 0 Å². The summed E-state index contributed by atoms with van der Waals surface area (Å²) in [7, 11) is 3.96. The standard InChI is InChI=1S/C8H21N3/c1-8(2,3)10-6-7-11(5)9-4/h9-10H,6-7H2,1-5H3. The molecule has 0 aliphatic heterocycles. The van der Waals surface area contributed by atoms with Gasteiger partial charge in [-0.2, -0.15) is 0 Å². The number of hydrazine groups is 1. The molecule has 0 aliphatic rings. The molecule has 11 heavy (non-hydrogen) atoms. The van der Waals surface area contributed by atoms with E-state index in [1.807, 2.05) is 14.1 Å². The van der Waals surface area contributed by atoms with Crippen molar-refractivity contribution in [2.75, 3.05) is 27.2 Å². The lowest BCUT2D eigenvalue weighted by atomic mass is 10.1. The monoisotopic (exact) mass is 159 g/mol. The Kier molecular flexibility index (Phi) is 4.65. The summed E-state index contributed by atoms with van der Waals surface area (Å²) < 4.78 is 0. The lowest BCUT2D eigenvalue weighted by Crippen LogP contribution is -2.43. The predicted octanol–water partition coefficient (Wildman–Crippen LogP) is 0.441. The van der Waals surface area contributed by atoms with E-state index in [9.17, 15) is 0 Å². The summed E-state index contributed by atoms with van der Waals surface area (Å²) in [6.07, 6.45) is 0. The fourth-order valence-corrected chi connectivity index (χ4v) is 0.710. The largest absolute Gasteiger partial charge is 0.311 e. The highest BCUT2D eigenvalue weighted by Crippen LogP contribution is 1.96. The van der Waals surface area contributed by atoms with Gasteiger partial charge in [0.1, 0.15) is 0 Å². The van der Waals surface area contributed by atoms with Gasteiger partial charge in [0.15, 0.2) is 0 Å². The van der Waals surface area contributed by atoms with E-state index in [2.05, 4.69) is 36.5 Å². The minimum Gasteiger partial charge on any atom is -0.311 e. The van der Waals surface area contributed by atoms with Gasteiger partial charge in [-0.3, -0.25) is 5.43 Å². The molecule has 2 N–H and O–H groups in total. The maximum absolute atomic E-state index is 3.41. The second-order valence-electron chi connectivity index (χ2n) is 3.82. The van der Waals surface area contributed by atoms with Crippen LogP contribution in [0.2, 0.25) is 0 Å². The Morgan fingerprint density at radius 1 is 1.27 bits per heavy atom. The minimum absolute atomic E-state index is 0.231. The van der Waals surface area contributed by atoms with Crippen LogP contribution in [0.3, 0.4) is 0 Å². The third-order valence-electron chi connectivity index (χ3n) is 1.48. The molecule has 0 bridgehead atoms.